The van der Waals surface area contributed by atoms with Gasteiger partial charge in [-0.15, -0.1) is 6.58 Å². The second kappa shape index (κ2) is 4.03. The van der Waals surface area contributed by atoms with Crippen molar-refractivity contribution < 1.29 is 14.7 Å². The Hall–Kier alpha value is -1.94. The Bertz CT molecular complexity index is 577. The maximum Gasteiger partial charge on any atom is 0.271 e. The fourth-order valence-corrected chi connectivity index (χ4v) is 2.44. The Balaban J connectivity index is 2.76. The SMILES string of the molecule is C=CC(C)(C)C1(O)C(=O)N(C(C)=O)c2ccccc21. The number of para-hydroxylation sites is 1. The molecule has 0 aromatic heterocycles. The maximum atomic E-state index is 12.5. The first-order valence-corrected chi connectivity index (χ1v) is 6.08. The van der Waals surface area contributed by atoms with Crippen molar-refractivity contribution in [3.63, 3.8) is 0 Å². The summed E-state index contributed by atoms with van der Waals surface area (Å²) in [6.45, 7) is 8.43. The molecule has 0 saturated carbocycles. The lowest BCUT2D eigenvalue weighted by atomic mass is 9.71. The number of aliphatic hydroxyl groups is 1. The molecule has 0 bridgehead atoms. The van der Waals surface area contributed by atoms with E-state index < -0.39 is 22.8 Å². The lowest BCUT2D eigenvalue weighted by Gasteiger charge is -2.36. The van der Waals surface area contributed by atoms with Crippen LogP contribution in [0.1, 0.15) is 26.3 Å². The molecule has 1 aliphatic heterocycles. The third-order valence-electron chi connectivity index (χ3n) is 3.81. The van der Waals surface area contributed by atoms with Crippen molar-refractivity contribution in [3.05, 3.63) is 42.5 Å². The average molecular weight is 259 g/mol. The van der Waals surface area contributed by atoms with Crippen LogP contribution >= 0.6 is 0 Å². The summed E-state index contributed by atoms with van der Waals surface area (Å²) in [5.74, 6) is -1.03. The molecule has 2 rings (SSSR count). The highest BCUT2D eigenvalue weighted by Crippen LogP contribution is 2.50. The topological polar surface area (TPSA) is 57.6 Å². The molecule has 1 aliphatic rings. The van der Waals surface area contributed by atoms with Crippen LogP contribution in [0.3, 0.4) is 0 Å². The molecular weight excluding hydrogens is 242 g/mol. The summed E-state index contributed by atoms with van der Waals surface area (Å²) in [5.41, 5.74) is -1.76. The number of carbonyl (C=O) groups is 2. The van der Waals surface area contributed by atoms with Gasteiger partial charge in [-0.05, 0) is 6.07 Å². The van der Waals surface area contributed by atoms with Crippen LogP contribution in [-0.4, -0.2) is 16.9 Å². The zero-order chi connectivity index (χ0) is 14.4. The molecule has 1 N–H and O–H groups in total. The molecular formula is C15H17NO3. The van der Waals surface area contributed by atoms with E-state index in [9.17, 15) is 14.7 Å². The molecule has 4 nitrogen and oxygen atoms in total. The molecule has 0 radical (unpaired) electrons. The van der Waals surface area contributed by atoms with Gasteiger partial charge < -0.3 is 5.11 Å². The number of benzene rings is 1. The van der Waals surface area contributed by atoms with E-state index in [2.05, 4.69) is 6.58 Å². The van der Waals surface area contributed by atoms with Crippen LogP contribution in [0.5, 0.6) is 0 Å². The van der Waals surface area contributed by atoms with Gasteiger partial charge in [0.1, 0.15) is 0 Å². The van der Waals surface area contributed by atoms with E-state index in [0.717, 1.165) is 4.90 Å². The number of rotatable bonds is 2. The van der Waals surface area contributed by atoms with Crippen molar-refractivity contribution in [1.82, 2.24) is 0 Å². The van der Waals surface area contributed by atoms with Crippen molar-refractivity contribution >= 4 is 17.5 Å². The van der Waals surface area contributed by atoms with E-state index >= 15 is 0 Å². The minimum Gasteiger partial charge on any atom is -0.375 e. The van der Waals surface area contributed by atoms with E-state index in [0.29, 0.717) is 11.3 Å². The van der Waals surface area contributed by atoms with Crippen LogP contribution in [0.4, 0.5) is 5.69 Å². The van der Waals surface area contributed by atoms with Crippen LogP contribution in [0.2, 0.25) is 0 Å². The molecule has 1 atom stereocenters. The van der Waals surface area contributed by atoms with E-state index in [1.54, 1.807) is 38.1 Å². The number of fused-ring (bicyclic) bond motifs is 1. The van der Waals surface area contributed by atoms with E-state index in [4.69, 9.17) is 0 Å². The highest BCUT2D eigenvalue weighted by molar-refractivity contribution is 6.21. The van der Waals surface area contributed by atoms with Gasteiger partial charge in [0.25, 0.3) is 5.91 Å². The number of amides is 2. The van der Waals surface area contributed by atoms with Crippen molar-refractivity contribution in [3.8, 4) is 0 Å². The van der Waals surface area contributed by atoms with E-state index in [1.807, 2.05) is 0 Å². The molecule has 19 heavy (non-hydrogen) atoms. The first-order chi connectivity index (χ1) is 8.77. The first kappa shape index (κ1) is 13.5. The van der Waals surface area contributed by atoms with Crippen molar-refractivity contribution in [2.45, 2.75) is 26.4 Å². The fraction of sp³-hybridized carbons (Fsp3) is 0.333. The number of carbonyl (C=O) groups excluding carboxylic acids is 2. The Morgan fingerprint density at radius 1 is 1.42 bits per heavy atom. The summed E-state index contributed by atoms with van der Waals surface area (Å²) in [6, 6.07) is 6.79. The van der Waals surface area contributed by atoms with Crippen molar-refractivity contribution in [1.29, 1.82) is 0 Å². The monoisotopic (exact) mass is 259 g/mol. The van der Waals surface area contributed by atoms with E-state index in [-0.39, 0.29) is 0 Å². The zero-order valence-electron chi connectivity index (χ0n) is 11.3. The van der Waals surface area contributed by atoms with Gasteiger partial charge in [0.15, 0.2) is 5.60 Å². The zero-order valence-corrected chi connectivity index (χ0v) is 11.3. The predicted molar refractivity (Wildman–Crippen MR) is 72.5 cm³/mol. The molecule has 2 amide bonds. The molecule has 0 fully saturated rings. The van der Waals surface area contributed by atoms with E-state index in [1.165, 1.54) is 13.0 Å². The minimum atomic E-state index is -1.77. The van der Waals surface area contributed by atoms with Gasteiger partial charge in [-0.2, -0.15) is 0 Å². The van der Waals surface area contributed by atoms with Gasteiger partial charge in [-0.3, -0.25) is 9.59 Å². The van der Waals surface area contributed by atoms with Gasteiger partial charge >= 0.3 is 0 Å². The van der Waals surface area contributed by atoms with Crippen molar-refractivity contribution in [2.75, 3.05) is 4.90 Å². The summed E-state index contributed by atoms with van der Waals surface area (Å²) in [7, 11) is 0. The standard InChI is InChI=1S/C15H17NO3/c1-5-14(3,4)15(19)11-8-6-7-9-12(11)16(10(2)17)13(15)18/h5-9,19H,1H2,2-4H3. The molecule has 0 saturated heterocycles. The maximum absolute atomic E-state index is 12.5. The molecule has 1 aromatic carbocycles. The Morgan fingerprint density at radius 3 is 2.53 bits per heavy atom. The number of nitrogens with zero attached hydrogens (tertiary/aromatic N) is 1. The number of hydrogen-bond donors (Lipinski definition) is 1. The van der Waals surface area contributed by atoms with Gasteiger partial charge in [0, 0.05) is 17.9 Å². The highest BCUT2D eigenvalue weighted by Gasteiger charge is 2.58. The fourth-order valence-electron chi connectivity index (χ4n) is 2.44. The largest absolute Gasteiger partial charge is 0.375 e. The van der Waals surface area contributed by atoms with Crippen LogP contribution in [0.15, 0.2) is 36.9 Å². The smallest absolute Gasteiger partial charge is 0.271 e. The Morgan fingerprint density at radius 2 is 2.00 bits per heavy atom. The third-order valence-corrected chi connectivity index (χ3v) is 3.81. The molecule has 1 heterocycles. The van der Waals surface area contributed by atoms with Crippen LogP contribution in [-0.2, 0) is 15.2 Å². The first-order valence-electron chi connectivity index (χ1n) is 6.08. The molecule has 0 aliphatic carbocycles. The molecule has 1 aromatic rings. The molecule has 100 valence electrons. The lowest BCUT2D eigenvalue weighted by Crippen LogP contribution is -2.50. The number of imide groups is 1. The van der Waals surface area contributed by atoms with Crippen LogP contribution < -0.4 is 4.90 Å². The summed E-state index contributed by atoms with van der Waals surface area (Å²) in [6.07, 6.45) is 1.53. The van der Waals surface area contributed by atoms with Crippen LogP contribution in [0, 0.1) is 5.41 Å². The lowest BCUT2D eigenvalue weighted by molar-refractivity contribution is -0.147. The van der Waals surface area contributed by atoms with Gasteiger partial charge in [-0.25, -0.2) is 4.90 Å². The number of hydrogen-bond acceptors (Lipinski definition) is 3. The molecule has 4 heteroatoms. The van der Waals surface area contributed by atoms with Gasteiger partial charge in [0.05, 0.1) is 5.69 Å². The third kappa shape index (κ3) is 1.56. The van der Waals surface area contributed by atoms with Crippen molar-refractivity contribution in [2.24, 2.45) is 5.41 Å². The summed E-state index contributed by atoms with van der Waals surface area (Å²) in [4.78, 5) is 25.3. The second-order valence-corrected chi connectivity index (χ2v) is 5.31. The Labute approximate surface area is 112 Å². The number of anilines is 1. The van der Waals surface area contributed by atoms with Gasteiger partial charge in [0.2, 0.25) is 5.91 Å². The Kier molecular flexibility index (Phi) is 2.86. The summed E-state index contributed by atoms with van der Waals surface area (Å²) in [5, 5.41) is 10.9. The minimum absolute atomic E-state index is 0.409. The molecule has 0 spiro atoms. The van der Waals surface area contributed by atoms with Crippen LogP contribution in [0.25, 0.3) is 0 Å². The predicted octanol–water partition coefficient (Wildman–Crippen LogP) is 1.98. The normalized spacial score (nSPS) is 22.3. The molecule has 1 unspecified atom stereocenters. The second-order valence-electron chi connectivity index (χ2n) is 5.31. The summed E-state index contributed by atoms with van der Waals surface area (Å²) >= 11 is 0. The average Bonchev–Trinajstić information content (AvgIpc) is 2.60. The van der Waals surface area contributed by atoms with Gasteiger partial charge in [-0.1, -0.05) is 38.1 Å². The quantitative estimate of drug-likeness (QED) is 0.826. The highest BCUT2D eigenvalue weighted by atomic mass is 16.3. The summed E-state index contributed by atoms with van der Waals surface area (Å²) < 4.78 is 0.